The molecule has 118 valence electrons. The molecule has 2 aromatic rings. The van der Waals surface area contributed by atoms with Crippen LogP contribution < -0.4 is 10.2 Å². The molecule has 0 aliphatic carbocycles. The summed E-state index contributed by atoms with van der Waals surface area (Å²) in [7, 11) is 0. The van der Waals surface area contributed by atoms with Crippen LogP contribution in [0.15, 0.2) is 47.5 Å². The van der Waals surface area contributed by atoms with E-state index in [2.05, 4.69) is 10.3 Å². The molecule has 0 saturated heterocycles. The van der Waals surface area contributed by atoms with Crippen molar-refractivity contribution >= 4 is 23.1 Å². The maximum absolute atomic E-state index is 14.5. The fraction of sp³-hybridized carbons (Fsp3) is 0.278. The van der Waals surface area contributed by atoms with Gasteiger partial charge in [0.2, 0.25) is 0 Å². The van der Waals surface area contributed by atoms with Gasteiger partial charge >= 0.3 is 0 Å². The standard InChI is InChI=1S/C18H17ClFN3/c1-11-21-9-13-10-22-18(14-4-2-3-5-16(14)20)15-8-12(19)6-7-17(15)23(11)13/h2-8,13,18,22H,9-10H2,1H3/t13-,18+/m1/s1/i1D3. The number of hydrogen-bond donors (Lipinski definition) is 1. The smallest absolute Gasteiger partial charge is 0.128 e. The van der Waals surface area contributed by atoms with Crippen LogP contribution >= 0.6 is 11.6 Å². The molecule has 0 spiro atoms. The number of aliphatic imine (C=N–C) groups is 1. The summed E-state index contributed by atoms with van der Waals surface area (Å²) in [6.07, 6.45) is 0. The van der Waals surface area contributed by atoms with Gasteiger partial charge in [-0.2, -0.15) is 0 Å². The molecule has 0 aromatic heterocycles. The summed E-state index contributed by atoms with van der Waals surface area (Å²) in [5, 5.41) is 3.88. The van der Waals surface area contributed by atoms with Gasteiger partial charge in [0.05, 0.1) is 18.6 Å². The molecular formula is C18H17ClFN3. The zero-order chi connectivity index (χ0) is 18.5. The molecule has 2 aromatic carbocycles. The van der Waals surface area contributed by atoms with Gasteiger partial charge in [-0.05, 0) is 36.7 Å². The summed E-state index contributed by atoms with van der Waals surface area (Å²) in [5.41, 5.74) is 1.94. The Morgan fingerprint density at radius 1 is 1.30 bits per heavy atom. The van der Waals surface area contributed by atoms with Gasteiger partial charge in [0.25, 0.3) is 0 Å². The lowest BCUT2D eigenvalue weighted by atomic mass is 9.96. The SMILES string of the molecule is [2H]C([2H])([2H])C1=NC[C@@H]2CN[C@@H](c3ccccc3F)c3cc(Cl)ccc3N12. The molecule has 0 unspecified atom stereocenters. The van der Waals surface area contributed by atoms with Crippen molar-refractivity contribution in [1.82, 2.24) is 5.32 Å². The predicted octanol–water partition coefficient (Wildman–Crippen LogP) is 3.78. The second-order valence-electron chi connectivity index (χ2n) is 5.75. The van der Waals surface area contributed by atoms with Crippen molar-refractivity contribution in [3.63, 3.8) is 0 Å². The number of halogens is 2. The van der Waals surface area contributed by atoms with Crippen molar-refractivity contribution in [3.8, 4) is 0 Å². The molecule has 0 radical (unpaired) electrons. The molecule has 2 heterocycles. The first-order valence-corrected chi connectivity index (χ1v) is 7.85. The van der Waals surface area contributed by atoms with E-state index in [0.29, 0.717) is 29.4 Å². The highest BCUT2D eigenvalue weighted by Crippen LogP contribution is 2.38. The summed E-state index contributed by atoms with van der Waals surface area (Å²) in [5.74, 6) is -0.246. The van der Waals surface area contributed by atoms with E-state index in [1.54, 1.807) is 41.3 Å². The highest BCUT2D eigenvalue weighted by molar-refractivity contribution is 6.30. The van der Waals surface area contributed by atoms with Gasteiger partial charge in [-0.15, -0.1) is 0 Å². The molecule has 0 fully saturated rings. The Morgan fingerprint density at radius 2 is 2.17 bits per heavy atom. The van der Waals surface area contributed by atoms with Gasteiger partial charge in [-0.25, -0.2) is 4.39 Å². The maximum atomic E-state index is 14.5. The Kier molecular flexibility index (Phi) is 2.83. The molecule has 2 aliphatic heterocycles. The van der Waals surface area contributed by atoms with Crippen molar-refractivity contribution in [2.45, 2.75) is 18.9 Å². The summed E-state index contributed by atoms with van der Waals surface area (Å²) in [6.45, 7) is -1.45. The van der Waals surface area contributed by atoms with Crippen LogP contribution in [0.5, 0.6) is 0 Å². The van der Waals surface area contributed by atoms with E-state index in [4.69, 9.17) is 15.7 Å². The molecule has 23 heavy (non-hydrogen) atoms. The van der Waals surface area contributed by atoms with Gasteiger partial charge in [-0.3, -0.25) is 4.99 Å². The van der Waals surface area contributed by atoms with Gasteiger partial charge in [-0.1, -0.05) is 29.8 Å². The van der Waals surface area contributed by atoms with E-state index in [0.717, 1.165) is 5.56 Å². The summed E-state index contributed by atoms with van der Waals surface area (Å²) in [4.78, 5) is 6.02. The van der Waals surface area contributed by atoms with Gasteiger partial charge in [0.15, 0.2) is 0 Å². The number of amidine groups is 1. The number of nitrogens with one attached hydrogen (secondary N) is 1. The topological polar surface area (TPSA) is 27.6 Å². The average Bonchev–Trinajstić information content (AvgIpc) is 2.95. The van der Waals surface area contributed by atoms with Crippen LogP contribution in [0.4, 0.5) is 10.1 Å². The first-order chi connectivity index (χ1) is 12.4. The second kappa shape index (κ2) is 5.62. The van der Waals surface area contributed by atoms with Crippen LogP contribution in [0.3, 0.4) is 0 Å². The average molecular weight is 333 g/mol. The Hall–Kier alpha value is -1.91. The first-order valence-electron chi connectivity index (χ1n) is 8.97. The Balaban J connectivity index is 1.88. The normalized spacial score (nSPS) is 25.6. The lowest BCUT2D eigenvalue weighted by Gasteiger charge is -2.26. The number of nitrogens with zero attached hydrogens (tertiary/aromatic N) is 2. The second-order valence-corrected chi connectivity index (χ2v) is 6.19. The number of fused-ring (bicyclic) bond motifs is 3. The van der Waals surface area contributed by atoms with Crippen LogP contribution in [0.25, 0.3) is 0 Å². The van der Waals surface area contributed by atoms with Crippen LogP contribution in [0.2, 0.25) is 5.02 Å². The molecule has 2 atom stereocenters. The molecule has 5 heteroatoms. The predicted molar refractivity (Wildman–Crippen MR) is 91.9 cm³/mol. The van der Waals surface area contributed by atoms with E-state index >= 15 is 0 Å². The number of rotatable bonds is 1. The van der Waals surface area contributed by atoms with Crippen molar-refractivity contribution in [1.29, 1.82) is 0 Å². The molecule has 0 saturated carbocycles. The summed E-state index contributed by atoms with van der Waals surface area (Å²) >= 11 is 6.21. The number of hydrogen-bond acceptors (Lipinski definition) is 3. The first kappa shape index (κ1) is 11.6. The van der Waals surface area contributed by atoms with Crippen LogP contribution in [0, 0.1) is 5.82 Å². The van der Waals surface area contributed by atoms with E-state index in [-0.39, 0.29) is 17.7 Å². The Morgan fingerprint density at radius 3 is 3.00 bits per heavy atom. The third-order valence-electron chi connectivity index (χ3n) is 4.38. The van der Waals surface area contributed by atoms with Crippen molar-refractivity contribution < 1.29 is 8.50 Å². The highest BCUT2D eigenvalue weighted by Gasteiger charge is 2.34. The molecule has 0 amide bonds. The Bertz CT molecular complexity index is 884. The molecule has 4 rings (SSSR count). The van der Waals surface area contributed by atoms with E-state index in [9.17, 15) is 4.39 Å². The van der Waals surface area contributed by atoms with Gasteiger partial charge in [0, 0.05) is 26.9 Å². The lowest BCUT2D eigenvalue weighted by molar-refractivity contribution is 0.535. The van der Waals surface area contributed by atoms with Crippen LogP contribution in [-0.4, -0.2) is 25.0 Å². The van der Waals surface area contributed by atoms with E-state index < -0.39 is 12.9 Å². The van der Waals surface area contributed by atoms with Crippen LogP contribution in [-0.2, 0) is 0 Å². The minimum Gasteiger partial charge on any atom is -0.324 e. The summed E-state index contributed by atoms with van der Waals surface area (Å²) < 4.78 is 37.9. The molecular weight excluding hydrogens is 313 g/mol. The van der Waals surface area contributed by atoms with Crippen LogP contribution in [0.1, 0.15) is 28.1 Å². The van der Waals surface area contributed by atoms with Gasteiger partial charge in [0.1, 0.15) is 11.7 Å². The fourth-order valence-corrected chi connectivity index (χ4v) is 3.50. The summed E-state index contributed by atoms with van der Waals surface area (Å²) in [6, 6.07) is 11.3. The van der Waals surface area contributed by atoms with Crippen molar-refractivity contribution in [2.75, 3.05) is 18.0 Å². The zero-order valence-electron chi connectivity index (χ0n) is 15.3. The quantitative estimate of drug-likeness (QED) is 0.860. The number of anilines is 1. The Labute approximate surface area is 144 Å². The van der Waals surface area contributed by atoms with E-state index in [1.807, 2.05) is 0 Å². The third kappa shape index (κ3) is 2.42. The van der Waals surface area contributed by atoms with Crippen molar-refractivity contribution in [3.05, 3.63) is 64.4 Å². The minimum absolute atomic E-state index is 0.0713. The zero-order valence-corrected chi connectivity index (χ0v) is 13.0. The lowest BCUT2D eigenvalue weighted by Crippen LogP contribution is -2.40. The van der Waals surface area contributed by atoms with Gasteiger partial charge < -0.3 is 10.2 Å². The van der Waals surface area contributed by atoms with E-state index in [1.165, 1.54) is 6.07 Å². The molecule has 3 nitrogen and oxygen atoms in total. The molecule has 1 N–H and O–H groups in total. The number of benzene rings is 2. The monoisotopic (exact) mass is 332 g/mol. The van der Waals surface area contributed by atoms with Crippen molar-refractivity contribution in [2.24, 2.45) is 4.99 Å². The minimum atomic E-state index is -2.32. The fourth-order valence-electron chi connectivity index (χ4n) is 3.32. The maximum Gasteiger partial charge on any atom is 0.128 e. The highest BCUT2D eigenvalue weighted by atomic mass is 35.5. The largest absolute Gasteiger partial charge is 0.324 e. The third-order valence-corrected chi connectivity index (χ3v) is 4.61. The molecule has 0 bridgehead atoms. The molecule has 2 aliphatic rings.